The van der Waals surface area contributed by atoms with Crippen LogP contribution in [0, 0.1) is 18.3 Å². The van der Waals surface area contributed by atoms with Crippen molar-refractivity contribution in [1.29, 1.82) is 5.41 Å². The molecule has 1 aliphatic heterocycles. The number of benzene rings is 1. The molecule has 1 heterocycles. The van der Waals surface area contributed by atoms with Crippen LogP contribution in [0.4, 0.5) is 0 Å². The van der Waals surface area contributed by atoms with Crippen LogP contribution in [0.1, 0.15) is 17.5 Å². The number of amidine groups is 1. The van der Waals surface area contributed by atoms with Gasteiger partial charge in [0.25, 0.3) is 0 Å². The molecule has 3 N–H and O–H groups in total. The van der Waals surface area contributed by atoms with Crippen LogP contribution in [0.3, 0.4) is 0 Å². The molecule has 0 aliphatic carbocycles. The highest BCUT2D eigenvalue weighted by atomic mass is 16.5. The Bertz CT molecular complexity index is 412. The van der Waals surface area contributed by atoms with E-state index in [4.69, 9.17) is 20.6 Å². The van der Waals surface area contributed by atoms with Crippen LogP contribution in [0.15, 0.2) is 18.2 Å². The summed E-state index contributed by atoms with van der Waals surface area (Å²) in [6, 6.07) is 5.62. The molecule has 17 heavy (non-hydrogen) atoms. The third-order valence-corrected chi connectivity index (χ3v) is 3.00. The fraction of sp³-hybridized carbons (Fsp3) is 0.462. The zero-order valence-corrected chi connectivity index (χ0v) is 10.0. The smallest absolute Gasteiger partial charge is 0.123 e. The summed E-state index contributed by atoms with van der Waals surface area (Å²) < 4.78 is 11.0. The van der Waals surface area contributed by atoms with Gasteiger partial charge >= 0.3 is 0 Å². The van der Waals surface area contributed by atoms with Crippen molar-refractivity contribution in [3.8, 4) is 5.75 Å². The molecule has 0 amide bonds. The summed E-state index contributed by atoms with van der Waals surface area (Å²) in [7, 11) is 0. The highest BCUT2D eigenvalue weighted by molar-refractivity contribution is 5.96. The van der Waals surface area contributed by atoms with Crippen molar-refractivity contribution in [2.45, 2.75) is 13.3 Å². The molecule has 0 bridgehead atoms. The minimum atomic E-state index is 0.0956. The third-order valence-electron chi connectivity index (χ3n) is 3.00. The Morgan fingerprint density at radius 3 is 3.00 bits per heavy atom. The van der Waals surface area contributed by atoms with E-state index in [1.165, 1.54) is 0 Å². The number of hydrogen-bond acceptors (Lipinski definition) is 3. The van der Waals surface area contributed by atoms with Crippen molar-refractivity contribution in [3.05, 3.63) is 29.3 Å². The molecule has 0 aromatic heterocycles. The highest BCUT2D eigenvalue weighted by Crippen LogP contribution is 2.19. The van der Waals surface area contributed by atoms with Gasteiger partial charge in [-0.1, -0.05) is 0 Å². The molecule has 1 atom stereocenters. The standard InChI is InChI=1S/C13H18N2O2/c1-9-6-11(2-3-12(9)13(14)15)17-8-10-4-5-16-7-10/h2-3,6,10H,4-5,7-8H2,1H3,(H3,14,15). The molecular formula is C13H18N2O2. The van der Waals surface area contributed by atoms with Gasteiger partial charge < -0.3 is 15.2 Å². The van der Waals surface area contributed by atoms with Crippen LogP contribution in [0.2, 0.25) is 0 Å². The van der Waals surface area contributed by atoms with E-state index in [-0.39, 0.29) is 5.84 Å². The van der Waals surface area contributed by atoms with Gasteiger partial charge in [-0.25, -0.2) is 0 Å². The number of rotatable bonds is 4. The second kappa shape index (κ2) is 5.19. The zero-order valence-electron chi connectivity index (χ0n) is 10.0. The summed E-state index contributed by atoms with van der Waals surface area (Å²) in [5.74, 6) is 1.43. The van der Waals surface area contributed by atoms with Crippen molar-refractivity contribution in [2.75, 3.05) is 19.8 Å². The fourth-order valence-corrected chi connectivity index (χ4v) is 1.96. The first-order valence-corrected chi connectivity index (χ1v) is 5.82. The summed E-state index contributed by atoms with van der Waals surface area (Å²) in [6.45, 7) is 4.27. The van der Waals surface area contributed by atoms with Gasteiger partial charge in [0, 0.05) is 18.1 Å². The van der Waals surface area contributed by atoms with Gasteiger partial charge in [-0.2, -0.15) is 0 Å². The SMILES string of the molecule is Cc1cc(OCC2CCOC2)ccc1C(=N)N. The van der Waals surface area contributed by atoms with Gasteiger partial charge in [0.15, 0.2) is 0 Å². The maximum absolute atomic E-state index is 7.41. The lowest BCUT2D eigenvalue weighted by Crippen LogP contribution is -2.14. The first kappa shape index (κ1) is 11.9. The molecular weight excluding hydrogens is 216 g/mol. The van der Waals surface area contributed by atoms with Crippen LogP contribution in [-0.4, -0.2) is 25.7 Å². The lowest BCUT2D eigenvalue weighted by Gasteiger charge is -2.12. The van der Waals surface area contributed by atoms with E-state index in [1.54, 1.807) is 0 Å². The Labute approximate surface area is 101 Å². The lowest BCUT2D eigenvalue weighted by atomic mass is 10.1. The summed E-state index contributed by atoms with van der Waals surface area (Å²) in [5.41, 5.74) is 7.20. The van der Waals surface area contributed by atoms with Gasteiger partial charge in [-0.15, -0.1) is 0 Å². The summed E-state index contributed by atoms with van der Waals surface area (Å²) in [5, 5.41) is 7.41. The van der Waals surface area contributed by atoms with E-state index < -0.39 is 0 Å². The zero-order chi connectivity index (χ0) is 12.3. The Morgan fingerprint density at radius 1 is 1.59 bits per heavy atom. The Kier molecular flexibility index (Phi) is 3.64. The average Bonchev–Trinajstić information content (AvgIpc) is 2.78. The molecule has 2 rings (SSSR count). The largest absolute Gasteiger partial charge is 0.493 e. The molecule has 1 aromatic carbocycles. The summed E-state index contributed by atoms with van der Waals surface area (Å²) >= 11 is 0. The number of nitrogens with two attached hydrogens (primary N) is 1. The molecule has 1 unspecified atom stereocenters. The minimum absolute atomic E-state index is 0.0956. The normalized spacial score (nSPS) is 19.2. The molecule has 0 saturated carbocycles. The summed E-state index contributed by atoms with van der Waals surface area (Å²) in [4.78, 5) is 0. The maximum atomic E-state index is 7.41. The molecule has 1 aromatic rings. The predicted molar refractivity (Wildman–Crippen MR) is 66.6 cm³/mol. The topological polar surface area (TPSA) is 68.3 Å². The Hall–Kier alpha value is -1.55. The Morgan fingerprint density at radius 2 is 2.41 bits per heavy atom. The molecule has 92 valence electrons. The number of aryl methyl sites for hydroxylation is 1. The van der Waals surface area contributed by atoms with Gasteiger partial charge in [-0.05, 0) is 37.1 Å². The third kappa shape index (κ3) is 2.97. The quantitative estimate of drug-likeness (QED) is 0.615. The first-order valence-electron chi connectivity index (χ1n) is 5.82. The molecule has 4 heteroatoms. The molecule has 1 aliphatic rings. The molecule has 1 saturated heterocycles. The van der Waals surface area contributed by atoms with Crippen molar-refractivity contribution in [2.24, 2.45) is 11.7 Å². The van der Waals surface area contributed by atoms with E-state index >= 15 is 0 Å². The molecule has 4 nitrogen and oxygen atoms in total. The van der Waals surface area contributed by atoms with Gasteiger partial charge in [0.2, 0.25) is 0 Å². The predicted octanol–water partition coefficient (Wildman–Crippen LogP) is 1.69. The van der Waals surface area contributed by atoms with E-state index in [0.717, 1.165) is 36.5 Å². The van der Waals surface area contributed by atoms with Crippen molar-refractivity contribution in [1.82, 2.24) is 0 Å². The maximum Gasteiger partial charge on any atom is 0.123 e. The van der Waals surface area contributed by atoms with Crippen molar-refractivity contribution >= 4 is 5.84 Å². The van der Waals surface area contributed by atoms with Crippen LogP contribution < -0.4 is 10.5 Å². The van der Waals surface area contributed by atoms with E-state index in [0.29, 0.717) is 12.5 Å². The summed E-state index contributed by atoms with van der Waals surface area (Å²) in [6.07, 6.45) is 1.07. The number of hydrogen-bond donors (Lipinski definition) is 2. The van der Waals surface area contributed by atoms with E-state index in [1.807, 2.05) is 25.1 Å². The fourth-order valence-electron chi connectivity index (χ4n) is 1.96. The molecule has 0 spiro atoms. The van der Waals surface area contributed by atoms with Crippen LogP contribution in [0.25, 0.3) is 0 Å². The lowest BCUT2D eigenvalue weighted by molar-refractivity contribution is 0.167. The van der Waals surface area contributed by atoms with Gasteiger partial charge in [-0.3, -0.25) is 5.41 Å². The van der Waals surface area contributed by atoms with E-state index in [9.17, 15) is 0 Å². The van der Waals surface area contributed by atoms with Crippen LogP contribution >= 0.6 is 0 Å². The van der Waals surface area contributed by atoms with Gasteiger partial charge in [0.05, 0.1) is 13.2 Å². The minimum Gasteiger partial charge on any atom is -0.493 e. The monoisotopic (exact) mass is 234 g/mol. The van der Waals surface area contributed by atoms with Crippen molar-refractivity contribution in [3.63, 3.8) is 0 Å². The number of ether oxygens (including phenoxy) is 2. The van der Waals surface area contributed by atoms with Crippen LogP contribution in [-0.2, 0) is 4.74 Å². The highest BCUT2D eigenvalue weighted by Gasteiger charge is 2.16. The Balaban J connectivity index is 1.97. The van der Waals surface area contributed by atoms with E-state index in [2.05, 4.69) is 0 Å². The number of nitrogen functional groups attached to an aromatic ring is 1. The van der Waals surface area contributed by atoms with Gasteiger partial charge in [0.1, 0.15) is 11.6 Å². The molecule has 1 fully saturated rings. The first-order chi connectivity index (χ1) is 8.16. The molecule has 0 radical (unpaired) electrons. The van der Waals surface area contributed by atoms with Crippen molar-refractivity contribution < 1.29 is 9.47 Å². The average molecular weight is 234 g/mol. The second-order valence-corrected chi connectivity index (χ2v) is 4.43. The number of nitrogens with one attached hydrogen (secondary N) is 1. The van der Waals surface area contributed by atoms with Crippen LogP contribution in [0.5, 0.6) is 5.75 Å². The second-order valence-electron chi connectivity index (χ2n) is 4.43.